The minimum Gasteiger partial charge on any atom is -0.366 e. The van der Waals surface area contributed by atoms with E-state index in [0.717, 1.165) is 6.54 Å². The third-order valence-electron chi connectivity index (χ3n) is 3.42. The second-order valence-electron chi connectivity index (χ2n) is 5.00. The van der Waals surface area contributed by atoms with Crippen molar-refractivity contribution in [2.45, 2.75) is 19.9 Å². The molecule has 1 saturated heterocycles. The zero-order valence-corrected chi connectivity index (χ0v) is 11.9. The van der Waals surface area contributed by atoms with Gasteiger partial charge in [0.1, 0.15) is 0 Å². The van der Waals surface area contributed by atoms with Crippen LogP contribution in [0, 0.1) is 6.92 Å². The van der Waals surface area contributed by atoms with Gasteiger partial charge in [-0.25, -0.2) is 8.42 Å². The summed E-state index contributed by atoms with van der Waals surface area (Å²) >= 11 is 0. The highest BCUT2D eigenvalue weighted by molar-refractivity contribution is 7.88. The number of hydrogen-bond donors (Lipinski definition) is 0. The van der Waals surface area contributed by atoms with Crippen LogP contribution >= 0.6 is 0 Å². The zero-order valence-electron chi connectivity index (χ0n) is 11.1. The summed E-state index contributed by atoms with van der Waals surface area (Å²) in [7, 11) is -3.06. The summed E-state index contributed by atoms with van der Waals surface area (Å²) < 4.78 is 24.6. The van der Waals surface area contributed by atoms with Crippen molar-refractivity contribution in [3.8, 4) is 0 Å². The number of rotatable bonds is 2. The van der Waals surface area contributed by atoms with Crippen LogP contribution in [0.3, 0.4) is 0 Å². The fraction of sp³-hybridized carbons (Fsp3) is 0.538. The summed E-state index contributed by atoms with van der Waals surface area (Å²) in [6.45, 7) is 6.01. The summed E-state index contributed by atoms with van der Waals surface area (Å²) in [5.74, 6) is 0. The van der Waals surface area contributed by atoms with Crippen molar-refractivity contribution in [3.05, 3.63) is 29.8 Å². The lowest BCUT2D eigenvalue weighted by molar-refractivity contribution is 0.345. The Kier molecular flexibility index (Phi) is 3.64. The van der Waals surface area contributed by atoms with E-state index in [1.165, 1.54) is 17.5 Å². The second kappa shape index (κ2) is 4.90. The molecule has 1 heterocycles. The molecule has 0 aliphatic carbocycles. The Hall–Kier alpha value is -1.07. The number of anilines is 1. The molecule has 0 aromatic heterocycles. The SMILES string of the molecule is Cc1ccc(N2CCN(S(C)(=O)=O)CC2C)cc1. The number of piperazine rings is 1. The molecule has 1 unspecified atom stereocenters. The van der Waals surface area contributed by atoms with E-state index in [9.17, 15) is 8.42 Å². The molecule has 5 heteroatoms. The van der Waals surface area contributed by atoms with Gasteiger partial charge in [0.05, 0.1) is 6.26 Å². The van der Waals surface area contributed by atoms with Crippen molar-refractivity contribution in [1.82, 2.24) is 4.31 Å². The first-order valence-corrected chi connectivity index (χ1v) is 8.01. The van der Waals surface area contributed by atoms with E-state index < -0.39 is 10.0 Å². The van der Waals surface area contributed by atoms with Crippen LogP contribution in [0.15, 0.2) is 24.3 Å². The molecule has 1 aliphatic heterocycles. The normalized spacial score (nSPS) is 22.2. The fourth-order valence-corrected chi connectivity index (χ4v) is 3.25. The van der Waals surface area contributed by atoms with Crippen molar-refractivity contribution in [1.29, 1.82) is 0 Å². The maximum atomic E-state index is 11.5. The molecule has 0 radical (unpaired) electrons. The molecule has 1 aliphatic rings. The van der Waals surface area contributed by atoms with E-state index in [2.05, 4.69) is 43.0 Å². The van der Waals surface area contributed by atoms with Crippen molar-refractivity contribution in [2.75, 3.05) is 30.8 Å². The average molecular weight is 268 g/mol. The number of aryl methyl sites for hydroxylation is 1. The maximum Gasteiger partial charge on any atom is 0.211 e. The molecule has 18 heavy (non-hydrogen) atoms. The fourth-order valence-electron chi connectivity index (χ4n) is 2.35. The van der Waals surface area contributed by atoms with Crippen LogP contribution in [-0.2, 0) is 10.0 Å². The van der Waals surface area contributed by atoms with Gasteiger partial charge in [-0.3, -0.25) is 0 Å². The van der Waals surface area contributed by atoms with Crippen LogP contribution < -0.4 is 4.90 Å². The third-order valence-corrected chi connectivity index (χ3v) is 4.69. The molecule has 100 valence electrons. The highest BCUT2D eigenvalue weighted by Gasteiger charge is 2.28. The molecular weight excluding hydrogens is 248 g/mol. The van der Waals surface area contributed by atoms with E-state index in [1.807, 2.05) is 0 Å². The van der Waals surface area contributed by atoms with Crippen molar-refractivity contribution in [3.63, 3.8) is 0 Å². The molecule has 0 N–H and O–H groups in total. The van der Waals surface area contributed by atoms with Crippen LogP contribution in [0.1, 0.15) is 12.5 Å². The Labute approximate surface area is 109 Å². The number of benzene rings is 1. The van der Waals surface area contributed by atoms with Crippen molar-refractivity contribution < 1.29 is 8.42 Å². The Morgan fingerprint density at radius 2 is 1.78 bits per heavy atom. The van der Waals surface area contributed by atoms with Crippen molar-refractivity contribution >= 4 is 15.7 Å². The van der Waals surface area contributed by atoms with Gasteiger partial charge in [-0.15, -0.1) is 0 Å². The highest BCUT2D eigenvalue weighted by Crippen LogP contribution is 2.21. The van der Waals surface area contributed by atoms with E-state index in [0.29, 0.717) is 13.1 Å². The summed E-state index contributed by atoms with van der Waals surface area (Å²) in [4.78, 5) is 2.26. The molecule has 0 saturated carbocycles. The van der Waals surface area contributed by atoms with Gasteiger partial charge >= 0.3 is 0 Å². The maximum absolute atomic E-state index is 11.5. The van der Waals surface area contributed by atoms with Gasteiger partial charge in [-0.05, 0) is 26.0 Å². The van der Waals surface area contributed by atoms with E-state index >= 15 is 0 Å². The molecule has 1 fully saturated rings. The lowest BCUT2D eigenvalue weighted by Gasteiger charge is -2.40. The standard InChI is InChI=1S/C13H20N2O2S/c1-11-4-6-13(7-5-11)15-9-8-14(10-12(15)2)18(3,16)17/h4-7,12H,8-10H2,1-3H3. The number of hydrogen-bond acceptors (Lipinski definition) is 3. The van der Waals surface area contributed by atoms with Crippen molar-refractivity contribution in [2.24, 2.45) is 0 Å². The summed E-state index contributed by atoms with van der Waals surface area (Å²) in [6, 6.07) is 8.58. The first-order chi connectivity index (χ1) is 8.38. The first-order valence-electron chi connectivity index (χ1n) is 6.16. The molecule has 0 bridgehead atoms. The Morgan fingerprint density at radius 1 is 1.17 bits per heavy atom. The minimum absolute atomic E-state index is 0.205. The predicted molar refractivity (Wildman–Crippen MR) is 74.4 cm³/mol. The van der Waals surface area contributed by atoms with Gasteiger partial charge in [-0.2, -0.15) is 4.31 Å². The topological polar surface area (TPSA) is 40.6 Å². The Balaban J connectivity index is 2.12. The van der Waals surface area contributed by atoms with Gasteiger partial charge in [0.25, 0.3) is 0 Å². The highest BCUT2D eigenvalue weighted by atomic mass is 32.2. The van der Waals surface area contributed by atoms with Crippen LogP contribution in [0.2, 0.25) is 0 Å². The average Bonchev–Trinajstić information content (AvgIpc) is 2.29. The third kappa shape index (κ3) is 2.84. The lowest BCUT2D eigenvalue weighted by Crippen LogP contribution is -2.53. The molecule has 0 amide bonds. The molecule has 2 rings (SSSR count). The minimum atomic E-state index is -3.06. The Morgan fingerprint density at radius 3 is 2.28 bits per heavy atom. The van der Waals surface area contributed by atoms with E-state index in [1.54, 1.807) is 4.31 Å². The van der Waals surface area contributed by atoms with E-state index in [-0.39, 0.29) is 6.04 Å². The quantitative estimate of drug-likeness (QED) is 0.815. The monoisotopic (exact) mass is 268 g/mol. The molecule has 1 aromatic carbocycles. The van der Waals surface area contributed by atoms with Gasteiger partial charge in [0, 0.05) is 31.4 Å². The summed E-state index contributed by atoms with van der Waals surface area (Å²) in [6.07, 6.45) is 1.28. The van der Waals surface area contributed by atoms with Gasteiger partial charge in [-0.1, -0.05) is 17.7 Å². The predicted octanol–water partition coefficient (Wildman–Crippen LogP) is 1.47. The molecular formula is C13H20N2O2S. The van der Waals surface area contributed by atoms with Crippen LogP contribution in [0.25, 0.3) is 0 Å². The van der Waals surface area contributed by atoms with Crippen LogP contribution in [-0.4, -0.2) is 44.7 Å². The van der Waals surface area contributed by atoms with Gasteiger partial charge in [0.15, 0.2) is 0 Å². The van der Waals surface area contributed by atoms with Crippen LogP contribution in [0.5, 0.6) is 0 Å². The lowest BCUT2D eigenvalue weighted by atomic mass is 10.1. The Bertz CT molecular complexity index is 510. The zero-order chi connectivity index (χ0) is 13.3. The smallest absolute Gasteiger partial charge is 0.211 e. The largest absolute Gasteiger partial charge is 0.366 e. The molecule has 0 spiro atoms. The first kappa shape index (κ1) is 13.4. The van der Waals surface area contributed by atoms with Crippen LogP contribution in [0.4, 0.5) is 5.69 Å². The van der Waals surface area contributed by atoms with Gasteiger partial charge in [0.2, 0.25) is 10.0 Å². The molecule has 1 atom stereocenters. The second-order valence-corrected chi connectivity index (χ2v) is 6.98. The molecule has 1 aromatic rings. The number of nitrogens with zero attached hydrogens (tertiary/aromatic N) is 2. The summed E-state index contributed by atoms with van der Waals surface area (Å²) in [5, 5.41) is 0. The van der Waals surface area contributed by atoms with Gasteiger partial charge < -0.3 is 4.90 Å². The summed E-state index contributed by atoms with van der Waals surface area (Å²) in [5.41, 5.74) is 2.41. The van der Waals surface area contributed by atoms with E-state index in [4.69, 9.17) is 0 Å². The number of sulfonamides is 1. The molecule has 4 nitrogen and oxygen atoms in total.